The highest BCUT2D eigenvalue weighted by molar-refractivity contribution is 5.96. The van der Waals surface area contributed by atoms with Crippen LogP contribution in [0.4, 0.5) is 5.69 Å². The van der Waals surface area contributed by atoms with Crippen LogP contribution in [0.3, 0.4) is 0 Å². The molecular formula is C24H34N4O5. The smallest absolute Gasteiger partial charge is 0.307 e. The van der Waals surface area contributed by atoms with Crippen molar-refractivity contribution in [1.82, 2.24) is 15.1 Å². The minimum Gasteiger partial charge on any atom is -0.466 e. The first-order valence-electron chi connectivity index (χ1n) is 11.7. The first kappa shape index (κ1) is 24.7. The Balaban J connectivity index is 1.54. The third kappa shape index (κ3) is 7.02. The molecule has 1 unspecified atom stereocenters. The molecular weight excluding hydrogens is 424 g/mol. The number of likely N-dealkylation sites (tertiary alicyclic amines) is 1. The summed E-state index contributed by atoms with van der Waals surface area (Å²) in [6.07, 6.45) is 2.65. The third-order valence-electron chi connectivity index (χ3n) is 6.10. The molecule has 1 aromatic rings. The van der Waals surface area contributed by atoms with E-state index in [1.54, 1.807) is 29.2 Å². The number of piperazine rings is 1. The summed E-state index contributed by atoms with van der Waals surface area (Å²) in [6, 6.07) is 6.12. The van der Waals surface area contributed by atoms with Gasteiger partial charge in [0.15, 0.2) is 0 Å². The maximum absolute atomic E-state index is 12.7. The maximum atomic E-state index is 12.7. The fraction of sp³-hybridized carbons (Fsp3) is 0.583. The van der Waals surface area contributed by atoms with Gasteiger partial charge in [-0.3, -0.25) is 24.1 Å². The van der Waals surface area contributed by atoms with Gasteiger partial charge in [-0.2, -0.15) is 0 Å². The summed E-state index contributed by atoms with van der Waals surface area (Å²) in [4.78, 5) is 53.1. The van der Waals surface area contributed by atoms with E-state index in [1.165, 1.54) is 0 Å². The number of anilines is 1. The minimum absolute atomic E-state index is 0.0110. The molecule has 0 bridgehead atoms. The van der Waals surface area contributed by atoms with Gasteiger partial charge in [-0.15, -0.1) is 0 Å². The molecule has 9 heteroatoms. The largest absolute Gasteiger partial charge is 0.466 e. The monoisotopic (exact) mass is 458 g/mol. The molecule has 2 aliphatic rings. The maximum Gasteiger partial charge on any atom is 0.307 e. The van der Waals surface area contributed by atoms with Gasteiger partial charge in [0, 0.05) is 37.4 Å². The highest BCUT2D eigenvalue weighted by atomic mass is 16.5. The molecule has 1 aromatic carbocycles. The fourth-order valence-electron chi connectivity index (χ4n) is 4.08. The van der Waals surface area contributed by atoms with E-state index in [-0.39, 0.29) is 30.7 Å². The van der Waals surface area contributed by atoms with Crippen molar-refractivity contribution in [3.8, 4) is 0 Å². The zero-order valence-electron chi connectivity index (χ0n) is 19.5. The number of carbonyl (C=O) groups excluding carboxylic acids is 4. The fourth-order valence-corrected chi connectivity index (χ4v) is 4.08. The number of piperidine rings is 1. The predicted molar refractivity (Wildman–Crippen MR) is 124 cm³/mol. The molecule has 9 nitrogen and oxygen atoms in total. The van der Waals surface area contributed by atoms with Crippen molar-refractivity contribution >= 4 is 29.4 Å². The summed E-state index contributed by atoms with van der Waals surface area (Å²) in [5.74, 6) is -0.359. The average Bonchev–Trinajstić information content (AvgIpc) is 2.80. The number of ether oxygens (including phenoxy) is 1. The summed E-state index contributed by atoms with van der Waals surface area (Å²) in [5.41, 5.74) is 1.17. The number of carbonyl (C=O) groups is 4. The van der Waals surface area contributed by atoms with Crippen molar-refractivity contribution < 1.29 is 23.9 Å². The Morgan fingerprint density at radius 2 is 1.82 bits per heavy atom. The Morgan fingerprint density at radius 1 is 1.12 bits per heavy atom. The topological polar surface area (TPSA) is 108 Å². The molecule has 0 radical (unpaired) electrons. The Bertz CT molecular complexity index is 849. The van der Waals surface area contributed by atoms with Crippen molar-refractivity contribution in [3.05, 3.63) is 29.8 Å². The normalized spacial score (nSPS) is 19.6. The lowest BCUT2D eigenvalue weighted by atomic mass is 9.98. The molecule has 3 rings (SSSR count). The minimum atomic E-state index is -0.735. The standard InChI is InChI=1S/C24H34N4O5/c1-3-14-33-22(30)15-20-23(31)25-10-13-28(20)16-21(29)26-19-6-4-18(5-7-19)24(32)27-11-8-17(2)9-12-27/h4-7,17,20H,3,8-16H2,1-2H3,(H,25,31)(H,26,29). The molecule has 2 heterocycles. The van der Waals surface area contributed by atoms with E-state index in [9.17, 15) is 19.2 Å². The molecule has 0 aromatic heterocycles. The Morgan fingerprint density at radius 3 is 2.48 bits per heavy atom. The molecule has 2 aliphatic heterocycles. The van der Waals surface area contributed by atoms with Crippen LogP contribution < -0.4 is 10.6 Å². The summed E-state index contributed by atoms with van der Waals surface area (Å²) >= 11 is 0. The lowest BCUT2D eigenvalue weighted by molar-refractivity contribution is -0.148. The van der Waals surface area contributed by atoms with E-state index in [1.807, 2.05) is 11.8 Å². The Kier molecular flexibility index (Phi) is 8.82. The average molecular weight is 459 g/mol. The van der Waals surface area contributed by atoms with Gasteiger partial charge in [0.25, 0.3) is 5.91 Å². The van der Waals surface area contributed by atoms with Crippen LogP contribution in [0.25, 0.3) is 0 Å². The van der Waals surface area contributed by atoms with E-state index in [0.717, 1.165) is 25.9 Å². The number of nitrogens with zero attached hydrogens (tertiary/aromatic N) is 2. The molecule has 0 spiro atoms. The zero-order chi connectivity index (χ0) is 23.8. The second-order valence-electron chi connectivity index (χ2n) is 8.80. The van der Waals surface area contributed by atoms with Gasteiger partial charge in [-0.25, -0.2) is 0 Å². The SMILES string of the molecule is CCCOC(=O)CC1C(=O)NCCN1CC(=O)Nc1ccc(C(=O)N2CCC(C)CC2)cc1. The van der Waals surface area contributed by atoms with E-state index < -0.39 is 12.0 Å². The summed E-state index contributed by atoms with van der Waals surface area (Å²) in [6.45, 7) is 6.81. The lowest BCUT2D eigenvalue weighted by Gasteiger charge is -2.33. The number of amides is 3. The van der Waals surface area contributed by atoms with Crippen molar-refractivity contribution in [3.63, 3.8) is 0 Å². The van der Waals surface area contributed by atoms with Crippen LogP contribution in [-0.2, 0) is 19.1 Å². The van der Waals surface area contributed by atoms with Gasteiger partial charge < -0.3 is 20.3 Å². The number of hydrogen-bond acceptors (Lipinski definition) is 6. The molecule has 2 fully saturated rings. The molecule has 180 valence electrons. The zero-order valence-corrected chi connectivity index (χ0v) is 19.5. The van der Waals surface area contributed by atoms with E-state index in [4.69, 9.17) is 4.74 Å². The number of nitrogens with one attached hydrogen (secondary N) is 2. The van der Waals surface area contributed by atoms with Gasteiger partial charge in [-0.1, -0.05) is 13.8 Å². The van der Waals surface area contributed by atoms with Crippen LogP contribution >= 0.6 is 0 Å². The van der Waals surface area contributed by atoms with Crippen molar-refractivity contribution in [2.24, 2.45) is 5.92 Å². The summed E-state index contributed by atoms with van der Waals surface area (Å²) in [5, 5.41) is 5.55. The van der Waals surface area contributed by atoms with E-state index in [0.29, 0.717) is 43.3 Å². The number of esters is 1. The van der Waals surface area contributed by atoms with Gasteiger partial charge in [-0.05, 0) is 49.4 Å². The summed E-state index contributed by atoms with van der Waals surface area (Å²) in [7, 11) is 0. The van der Waals surface area contributed by atoms with Crippen LogP contribution in [0.1, 0.15) is 49.9 Å². The molecule has 2 saturated heterocycles. The first-order valence-corrected chi connectivity index (χ1v) is 11.7. The first-order chi connectivity index (χ1) is 15.9. The number of hydrogen-bond donors (Lipinski definition) is 2. The van der Waals surface area contributed by atoms with E-state index in [2.05, 4.69) is 17.6 Å². The van der Waals surface area contributed by atoms with E-state index >= 15 is 0 Å². The predicted octanol–water partition coefficient (Wildman–Crippen LogP) is 1.64. The van der Waals surface area contributed by atoms with Gasteiger partial charge >= 0.3 is 5.97 Å². The van der Waals surface area contributed by atoms with Crippen molar-refractivity contribution in [2.75, 3.05) is 44.6 Å². The van der Waals surface area contributed by atoms with Crippen LogP contribution in [0.5, 0.6) is 0 Å². The van der Waals surface area contributed by atoms with Crippen LogP contribution in [0.15, 0.2) is 24.3 Å². The number of rotatable bonds is 8. The van der Waals surface area contributed by atoms with Crippen LogP contribution in [-0.4, -0.2) is 78.9 Å². The molecule has 2 N–H and O–H groups in total. The third-order valence-corrected chi connectivity index (χ3v) is 6.10. The van der Waals surface area contributed by atoms with Gasteiger partial charge in [0.2, 0.25) is 11.8 Å². The molecule has 1 atom stereocenters. The second-order valence-corrected chi connectivity index (χ2v) is 8.80. The van der Waals surface area contributed by atoms with Crippen LogP contribution in [0, 0.1) is 5.92 Å². The lowest BCUT2D eigenvalue weighted by Crippen LogP contribution is -2.57. The second kappa shape index (κ2) is 11.8. The Hall–Kier alpha value is -2.94. The highest BCUT2D eigenvalue weighted by Gasteiger charge is 2.33. The molecule has 0 saturated carbocycles. The Labute approximate surface area is 194 Å². The quantitative estimate of drug-likeness (QED) is 0.574. The summed E-state index contributed by atoms with van der Waals surface area (Å²) < 4.78 is 5.09. The highest BCUT2D eigenvalue weighted by Crippen LogP contribution is 2.19. The van der Waals surface area contributed by atoms with Crippen molar-refractivity contribution in [1.29, 1.82) is 0 Å². The molecule has 33 heavy (non-hydrogen) atoms. The number of benzene rings is 1. The van der Waals surface area contributed by atoms with Crippen molar-refractivity contribution in [2.45, 2.75) is 45.6 Å². The molecule has 3 amide bonds. The van der Waals surface area contributed by atoms with Gasteiger partial charge in [0.05, 0.1) is 19.6 Å². The van der Waals surface area contributed by atoms with Crippen LogP contribution in [0.2, 0.25) is 0 Å². The van der Waals surface area contributed by atoms with Gasteiger partial charge in [0.1, 0.15) is 6.04 Å². The molecule has 0 aliphatic carbocycles.